The van der Waals surface area contributed by atoms with E-state index in [-0.39, 0.29) is 5.91 Å². The molecule has 1 amide bonds. The molecule has 1 aromatic heterocycles. The highest BCUT2D eigenvalue weighted by Crippen LogP contribution is 2.36. The van der Waals surface area contributed by atoms with Gasteiger partial charge in [0.2, 0.25) is 0 Å². The second-order valence-electron chi connectivity index (χ2n) is 6.17. The molecule has 1 saturated heterocycles. The lowest BCUT2D eigenvalue weighted by Gasteiger charge is -2.20. The average molecular weight is 295 g/mol. The van der Waals surface area contributed by atoms with Crippen molar-refractivity contribution in [1.29, 1.82) is 0 Å². The third-order valence-corrected chi connectivity index (χ3v) is 5.21. The van der Waals surface area contributed by atoms with Gasteiger partial charge in [0.15, 0.2) is 0 Å². The zero-order valence-corrected chi connectivity index (χ0v) is 12.9. The zero-order valence-electron chi connectivity index (χ0n) is 12.1. The minimum atomic E-state index is 0.152. The fraction of sp³-hybridized carbons (Fsp3) is 0.688. The van der Waals surface area contributed by atoms with Crippen molar-refractivity contribution in [3.05, 3.63) is 23.0 Å². The van der Waals surface area contributed by atoms with E-state index in [2.05, 4.69) is 0 Å². The van der Waals surface area contributed by atoms with E-state index in [0.29, 0.717) is 5.02 Å². The SMILES string of the molecule is CCn1cc(Cl)cc1C(=O)N1CCC(C2CCCC2)C1. The number of hydrogen-bond donors (Lipinski definition) is 0. The van der Waals surface area contributed by atoms with Crippen LogP contribution in [0, 0.1) is 11.8 Å². The van der Waals surface area contributed by atoms with E-state index in [9.17, 15) is 4.79 Å². The first-order valence-corrected chi connectivity index (χ1v) is 8.21. The van der Waals surface area contributed by atoms with E-state index in [4.69, 9.17) is 11.6 Å². The van der Waals surface area contributed by atoms with Crippen LogP contribution in [-0.4, -0.2) is 28.5 Å². The summed E-state index contributed by atoms with van der Waals surface area (Å²) in [5.41, 5.74) is 0.740. The smallest absolute Gasteiger partial charge is 0.270 e. The van der Waals surface area contributed by atoms with Gasteiger partial charge in [-0.3, -0.25) is 4.79 Å². The van der Waals surface area contributed by atoms with Crippen LogP contribution >= 0.6 is 11.6 Å². The second kappa shape index (κ2) is 5.80. The molecule has 110 valence electrons. The maximum atomic E-state index is 12.6. The van der Waals surface area contributed by atoms with Gasteiger partial charge < -0.3 is 9.47 Å². The molecular weight excluding hydrogens is 272 g/mol. The van der Waals surface area contributed by atoms with Crippen LogP contribution in [0.5, 0.6) is 0 Å². The van der Waals surface area contributed by atoms with E-state index in [1.165, 1.54) is 32.1 Å². The number of hydrogen-bond acceptors (Lipinski definition) is 1. The number of rotatable bonds is 3. The Morgan fingerprint density at radius 2 is 2.05 bits per heavy atom. The molecular formula is C16H23ClN2O. The number of aryl methyl sites for hydroxylation is 1. The molecule has 4 heteroatoms. The molecule has 1 aromatic rings. The first-order valence-electron chi connectivity index (χ1n) is 7.84. The van der Waals surface area contributed by atoms with Crippen molar-refractivity contribution in [2.24, 2.45) is 11.8 Å². The van der Waals surface area contributed by atoms with Crippen molar-refractivity contribution < 1.29 is 4.79 Å². The van der Waals surface area contributed by atoms with Gasteiger partial charge in [0.25, 0.3) is 5.91 Å². The summed E-state index contributed by atoms with van der Waals surface area (Å²) < 4.78 is 1.95. The molecule has 0 N–H and O–H groups in total. The Hall–Kier alpha value is -0.960. The Kier molecular flexibility index (Phi) is 4.06. The molecule has 3 rings (SSSR count). The van der Waals surface area contributed by atoms with Crippen LogP contribution < -0.4 is 0 Å². The van der Waals surface area contributed by atoms with Crippen molar-refractivity contribution >= 4 is 17.5 Å². The molecule has 1 aliphatic carbocycles. The Morgan fingerprint density at radius 1 is 1.30 bits per heavy atom. The van der Waals surface area contributed by atoms with Gasteiger partial charge in [-0.05, 0) is 31.2 Å². The number of amides is 1. The van der Waals surface area contributed by atoms with E-state index in [1.807, 2.05) is 22.6 Å². The van der Waals surface area contributed by atoms with Crippen LogP contribution in [0.4, 0.5) is 0 Å². The number of carbonyl (C=O) groups is 1. The van der Waals surface area contributed by atoms with Gasteiger partial charge in [-0.2, -0.15) is 0 Å². The standard InChI is InChI=1S/C16H23ClN2O/c1-2-18-11-14(17)9-15(18)16(20)19-8-7-13(10-19)12-5-3-4-6-12/h9,11-13H,2-8,10H2,1H3. The zero-order chi connectivity index (χ0) is 14.1. The highest BCUT2D eigenvalue weighted by Gasteiger charge is 2.34. The highest BCUT2D eigenvalue weighted by molar-refractivity contribution is 6.31. The fourth-order valence-electron chi connectivity index (χ4n) is 3.86. The maximum Gasteiger partial charge on any atom is 0.270 e. The van der Waals surface area contributed by atoms with Crippen LogP contribution in [0.1, 0.15) is 49.5 Å². The van der Waals surface area contributed by atoms with Gasteiger partial charge in [-0.1, -0.05) is 37.3 Å². The number of carbonyl (C=O) groups excluding carboxylic acids is 1. The normalized spacial score (nSPS) is 23.7. The van der Waals surface area contributed by atoms with Crippen molar-refractivity contribution in [2.75, 3.05) is 13.1 Å². The average Bonchev–Trinajstić information content (AvgIpc) is 3.17. The van der Waals surface area contributed by atoms with Crippen LogP contribution in [-0.2, 0) is 6.54 Å². The summed E-state index contributed by atoms with van der Waals surface area (Å²) in [5, 5.41) is 0.654. The Balaban J connectivity index is 1.68. The lowest BCUT2D eigenvalue weighted by Crippen LogP contribution is -2.31. The fourth-order valence-corrected chi connectivity index (χ4v) is 4.08. The van der Waals surface area contributed by atoms with Gasteiger partial charge in [0.05, 0.1) is 5.02 Å². The number of aromatic nitrogens is 1. The third kappa shape index (κ3) is 2.60. The lowest BCUT2D eigenvalue weighted by atomic mass is 9.90. The summed E-state index contributed by atoms with van der Waals surface area (Å²) >= 11 is 6.04. The number of nitrogens with zero attached hydrogens (tertiary/aromatic N) is 2. The molecule has 1 unspecified atom stereocenters. The number of likely N-dealkylation sites (tertiary alicyclic amines) is 1. The summed E-state index contributed by atoms with van der Waals surface area (Å²) in [6, 6.07) is 1.80. The van der Waals surface area contributed by atoms with Crippen LogP contribution in [0.3, 0.4) is 0 Å². The molecule has 0 spiro atoms. The summed E-state index contributed by atoms with van der Waals surface area (Å²) in [4.78, 5) is 14.7. The lowest BCUT2D eigenvalue weighted by molar-refractivity contribution is 0.0772. The molecule has 20 heavy (non-hydrogen) atoms. The topological polar surface area (TPSA) is 25.2 Å². The molecule has 2 heterocycles. The minimum absolute atomic E-state index is 0.152. The maximum absolute atomic E-state index is 12.6. The first kappa shape index (κ1) is 14.0. The van der Waals surface area contributed by atoms with E-state index < -0.39 is 0 Å². The Labute approximate surface area is 125 Å². The highest BCUT2D eigenvalue weighted by atomic mass is 35.5. The molecule has 2 aliphatic rings. The van der Waals surface area contributed by atoms with Crippen LogP contribution in [0.2, 0.25) is 5.02 Å². The van der Waals surface area contributed by atoms with Crippen molar-refractivity contribution in [3.63, 3.8) is 0 Å². The molecule has 0 bridgehead atoms. The summed E-state index contributed by atoms with van der Waals surface area (Å²) in [6.45, 7) is 4.68. The molecule has 2 fully saturated rings. The molecule has 0 radical (unpaired) electrons. The third-order valence-electron chi connectivity index (χ3n) is 5.00. The van der Waals surface area contributed by atoms with Crippen LogP contribution in [0.25, 0.3) is 0 Å². The summed E-state index contributed by atoms with van der Waals surface area (Å²) in [7, 11) is 0. The van der Waals surface area contributed by atoms with E-state index in [0.717, 1.165) is 37.2 Å². The van der Waals surface area contributed by atoms with Crippen molar-refractivity contribution in [3.8, 4) is 0 Å². The summed E-state index contributed by atoms with van der Waals surface area (Å²) in [5.74, 6) is 1.73. The molecule has 1 atom stereocenters. The molecule has 1 saturated carbocycles. The first-order chi connectivity index (χ1) is 9.69. The number of halogens is 1. The predicted molar refractivity (Wildman–Crippen MR) is 81.1 cm³/mol. The quantitative estimate of drug-likeness (QED) is 0.832. The molecule has 0 aromatic carbocycles. The van der Waals surface area contributed by atoms with Crippen LogP contribution in [0.15, 0.2) is 12.3 Å². The van der Waals surface area contributed by atoms with Crippen molar-refractivity contribution in [1.82, 2.24) is 9.47 Å². The van der Waals surface area contributed by atoms with Gasteiger partial charge >= 0.3 is 0 Å². The van der Waals surface area contributed by atoms with E-state index in [1.54, 1.807) is 6.07 Å². The minimum Gasteiger partial charge on any atom is -0.342 e. The van der Waals surface area contributed by atoms with Gasteiger partial charge in [-0.15, -0.1) is 0 Å². The second-order valence-corrected chi connectivity index (χ2v) is 6.61. The Morgan fingerprint density at radius 3 is 2.75 bits per heavy atom. The van der Waals surface area contributed by atoms with E-state index >= 15 is 0 Å². The van der Waals surface area contributed by atoms with Gasteiger partial charge in [0, 0.05) is 25.8 Å². The van der Waals surface area contributed by atoms with Gasteiger partial charge in [0.1, 0.15) is 5.69 Å². The Bertz CT molecular complexity index is 491. The monoisotopic (exact) mass is 294 g/mol. The van der Waals surface area contributed by atoms with Gasteiger partial charge in [-0.25, -0.2) is 0 Å². The van der Waals surface area contributed by atoms with Crippen molar-refractivity contribution in [2.45, 2.75) is 45.6 Å². The summed E-state index contributed by atoms with van der Waals surface area (Å²) in [6.07, 6.45) is 8.51. The largest absolute Gasteiger partial charge is 0.342 e. The molecule has 1 aliphatic heterocycles. The molecule has 3 nitrogen and oxygen atoms in total. The predicted octanol–water partition coefficient (Wildman–Crippen LogP) is 3.81.